The molecule has 31 heavy (non-hydrogen) atoms. The van der Waals surface area contributed by atoms with Gasteiger partial charge in [-0.2, -0.15) is 0 Å². The molecule has 0 aromatic heterocycles. The molecule has 5 nitrogen and oxygen atoms in total. The van der Waals surface area contributed by atoms with Gasteiger partial charge in [0, 0.05) is 34.1 Å². The Labute approximate surface area is 192 Å². The number of nitrogens with one attached hydrogen (secondary N) is 1. The summed E-state index contributed by atoms with van der Waals surface area (Å²) in [6, 6.07) is 14.8. The average Bonchev–Trinajstić information content (AvgIpc) is 3.10. The molecule has 4 rings (SSSR count). The standard InChI is InChI=1S/C23H22Cl2N2O3S/c1-31(29,30)27(19-13-17(24)12-18(25)14-19)11-3-6-22(28)26-21-10-9-16-8-7-15-4-2-5-20(21)23(15)16/h2,4-5,9-10,12-14H,3,6-8,11H2,1H3,(H,26,28). The maximum Gasteiger partial charge on any atom is 0.232 e. The molecule has 0 radical (unpaired) electrons. The highest BCUT2D eigenvalue weighted by Crippen LogP contribution is 2.35. The van der Waals surface area contributed by atoms with Crippen LogP contribution in [0.25, 0.3) is 10.8 Å². The van der Waals surface area contributed by atoms with Crippen molar-refractivity contribution < 1.29 is 13.2 Å². The largest absolute Gasteiger partial charge is 0.326 e. The molecule has 162 valence electrons. The Bertz CT molecular complexity index is 1240. The number of amides is 1. The molecule has 8 heteroatoms. The van der Waals surface area contributed by atoms with Gasteiger partial charge in [0.25, 0.3) is 0 Å². The number of nitrogens with zero attached hydrogens (tertiary/aromatic N) is 1. The van der Waals surface area contributed by atoms with Crippen LogP contribution in [0.4, 0.5) is 11.4 Å². The van der Waals surface area contributed by atoms with Crippen molar-refractivity contribution >= 4 is 61.3 Å². The molecular formula is C23H22Cl2N2O3S. The van der Waals surface area contributed by atoms with Gasteiger partial charge in [-0.15, -0.1) is 0 Å². The average molecular weight is 477 g/mol. The third-order valence-electron chi connectivity index (χ3n) is 5.45. The van der Waals surface area contributed by atoms with E-state index in [1.807, 2.05) is 18.2 Å². The molecule has 0 saturated carbocycles. The highest BCUT2D eigenvalue weighted by Gasteiger charge is 2.20. The predicted octanol–water partition coefficient (Wildman–Crippen LogP) is 5.43. The summed E-state index contributed by atoms with van der Waals surface area (Å²) in [7, 11) is -3.56. The number of hydrogen-bond donors (Lipinski definition) is 1. The number of hydrogen-bond acceptors (Lipinski definition) is 3. The first-order valence-electron chi connectivity index (χ1n) is 9.99. The molecule has 1 amide bonds. The number of carbonyl (C=O) groups excluding carboxylic acids is 1. The Morgan fingerprint density at radius 1 is 1.03 bits per heavy atom. The van der Waals surface area contributed by atoms with E-state index in [0.717, 1.165) is 30.2 Å². The zero-order valence-corrected chi connectivity index (χ0v) is 19.3. The SMILES string of the molecule is CS(=O)(=O)N(CCCC(=O)Nc1ccc2c3c(cccc13)CC2)c1cc(Cl)cc(Cl)c1. The first-order chi connectivity index (χ1) is 14.7. The Kier molecular flexibility index (Phi) is 6.15. The maximum atomic E-state index is 12.6. The van der Waals surface area contributed by atoms with Gasteiger partial charge in [-0.3, -0.25) is 9.10 Å². The van der Waals surface area contributed by atoms with Crippen LogP contribution in [0.15, 0.2) is 48.5 Å². The molecule has 0 aliphatic heterocycles. The Balaban J connectivity index is 1.45. The lowest BCUT2D eigenvalue weighted by atomic mass is 10.0. The fourth-order valence-corrected chi connectivity index (χ4v) is 5.59. The van der Waals surface area contributed by atoms with Crippen LogP contribution >= 0.6 is 23.2 Å². The summed E-state index contributed by atoms with van der Waals surface area (Å²) < 4.78 is 25.8. The summed E-state index contributed by atoms with van der Waals surface area (Å²) in [5.74, 6) is -0.156. The molecule has 0 atom stereocenters. The third-order valence-corrected chi connectivity index (χ3v) is 7.08. The minimum absolute atomic E-state index is 0.146. The minimum atomic E-state index is -3.56. The summed E-state index contributed by atoms with van der Waals surface area (Å²) in [6.07, 6.45) is 3.71. The van der Waals surface area contributed by atoms with E-state index in [0.29, 0.717) is 22.2 Å². The number of aryl methyl sites for hydroxylation is 2. The summed E-state index contributed by atoms with van der Waals surface area (Å²) in [4.78, 5) is 12.6. The van der Waals surface area contributed by atoms with Crippen LogP contribution in [-0.2, 0) is 27.7 Å². The molecule has 1 aliphatic rings. The fraction of sp³-hybridized carbons (Fsp3) is 0.261. The third kappa shape index (κ3) is 4.81. The molecule has 1 aliphatic carbocycles. The van der Waals surface area contributed by atoms with Crippen LogP contribution < -0.4 is 9.62 Å². The van der Waals surface area contributed by atoms with Crippen molar-refractivity contribution in [2.24, 2.45) is 0 Å². The molecule has 3 aromatic carbocycles. The van der Waals surface area contributed by atoms with E-state index >= 15 is 0 Å². The van der Waals surface area contributed by atoms with Crippen LogP contribution in [0.2, 0.25) is 10.0 Å². The lowest BCUT2D eigenvalue weighted by molar-refractivity contribution is -0.116. The zero-order valence-electron chi connectivity index (χ0n) is 17.0. The molecule has 3 aromatic rings. The highest BCUT2D eigenvalue weighted by atomic mass is 35.5. The summed E-state index contributed by atoms with van der Waals surface area (Å²) >= 11 is 12.0. The summed E-state index contributed by atoms with van der Waals surface area (Å²) in [6.45, 7) is 0.146. The van der Waals surface area contributed by atoms with Crippen LogP contribution in [0.3, 0.4) is 0 Å². The second-order valence-corrected chi connectivity index (χ2v) is 10.5. The van der Waals surface area contributed by atoms with Gasteiger partial charge in [-0.05, 0) is 60.0 Å². The summed E-state index contributed by atoms with van der Waals surface area (Å²) in [5.41, 5.74) is 3.79. The van der Waals surface area contributed by atoms with Crippen LogP contribution in [-0.4, -0.2) is 27.1 Å². The molecule has 0 saturated heterocycles. The van der Waals surface area contributed by atoms with Crippen molar-refractivity contribution in [1.82, 2.24) is 0 Å². The number of benzene rings is 3. The number of sulfonamides is 1. The maximum absolute atomic E-state index is 12.6. The van der Waals surface area contributed by atoms with Crippen molar-refractivity contribution in [1.29, 1.82) is 0 Å². The molecule has 1 N–H and O–H groups in total. The van der Waals surface area contributed by atoms with Gasteiger partial charge in [0.1, 0.15) is 0 Å². The van der Waals surface area contributed by atoms with E-state index in [9.17, 15) is 13.2 Å². The van der Waals surface area contributed by atoms with Gasteiger partial charge in [0.15, 0.2) is 0 Å². The van der Waals surface area contributed by atoms with Crippen molar-refractivity contribution in [2.75, 3.05) is 22.4 Å². The molecule has 0 spiro atoms. The van der Waals surface area contributed by atoms with E-state index in [2.05, 4.69) is 17.4 Å². The first kappa shape index (κ1) is 21.9. The van der Waals surface area contributed by atoms with Crippen LogP contribution in [0.5, 0.6) is 0 Å². The van der Waals surface area contributed by atoms with E-state index < -0.39 is 10.0 Å². The van der Waals surface area contributed by atoms with Gasteiger partial charge in [0.05, 0.1) is 11.9 Å². The topological polar surface area (TPSA) is 66.5 Å². The van der Waals surface area contributed by atoms with Gasteiger partial charge < -0.3 is 5.32 Å². The lowest BCUT2D eigenvalue weighted by Crippen LogP contribution is -2.31. The van der Waals surface area contributed by atoms with Crippen LogP contribution in [0.1, 0.15) is 24.0 Å². The number of anilines is 2. The second kappa shape index (κ2) is 8.69. The number of halogens is 2. The number of carbonyl (C=O) groups is 1. The zero-order chi connectivity index (χ0) is 22.2. The minimum Gasteiger partial charge on any atom is -0.326 e. The van der Waals surface area contributed by atoms with Gasteiger partial charge in [-0.1, -0.05) is 47.5 Å². The van der Waals surface area contributed by atoms with Gasteiger partial charge >= 0.3 is 0 Å². The monoisotopic (exact) mass is 476 g/mol. The van der Waals surface area contributed by atoms with Crippen molar-refractivity contribution in [3.8, 4) is 0 Å². The Hall–Kier alpha value is -2.28. The molecule has 0 unspecified atom stereocenters. The molecule has 0 bridgehead atoms. The first-order valence-corrected chi connectivity index (χ1v) is 12.6. The van der Waals surface area contributed by atoms with E-state index in [-0.39, 0.29) is 18.9 Å². The quantitative estimate of drug-likeness (QED) is 0.494. The van der Waals surface area contributed by atoms with E-state index in [4.69, 9.17) is 23.2 Å². The highest BCUT2D eigenvalue weighted by molar-refractivity contribution is 7.92. The second-order valence-electron chi connectivity index (χ2n) is 7.73. The normalized spacial score (nSPS) is 12.9. The summed E-state index contributed by atoms with van der Waals surface area (Å²) in [5, 5.41) is 5.97. The van der Waals surface area contributed by atoms with E-state index in [1.54, 1.807) is 18.2 Å². The lowest BCUT2D eigenvalue weighted by Gasteiger charge is -2.22. The molecule has 0 fully saturated rings. The fourth-order valence-electron chi connectivity index (χ4n) is 4.12. The van der Waals surface area contributed by atoms with Crippen molar-refractivity contribution in [3.63, 3.8) is 0 Å². The molecular weight excluding hydrogens is 455 g/mol. The Morgan fingerprint density at radius 3 is 2.39 bits per heavy atom. The van der Waals surface area contributed by atoms with Gasteiger partial charge in [-0.25, -0.2) is 8.42 Å². The number of rotatable bonds is 7. The van der Waals surface area contributed by atoms with E-state index in [1.165, 1.54) is 20.8 Å². The van der Waals surface area contributed by atoms with Crippen LogP contribution in [0, 0.1) is 0 Å². The van der Waals surface area contributed by atoms with Gasteiger partial charge in [0.2, 0.25) is 15.9 Å². The Morgan fingerprint density at radius 2 is 1.71 bits per heavy atom. The van der Waals surface area contributed by atoms with Crippen molar-refractivity contribution in [3.05, 3.63) is 69.7 Å². The predicted molar refractivity (Wildman–Crippen MR) is 128 cm³/mol. The van der Waals surface area contributed by atoms with Crippen molar-refractivity contribution in [2.45, 2.75) is 25.7 Å². The smallest absolute Gasteiger partial charge is 0.232 e. The molecule has 0 heterocycles.